The van der Waals surface area contributed by atoms with E-state index in [2.05, 4.69) is 27.7 Å². The number of hydrogen-bond donors (Lipinski definition) is 0. The highest BCUT2D eigenvalue weighted by Crippen LogP contribution is 2.31. The number of ether oxygens (including phenoxy) is 1. The molecule has 0 unspecified atom stereocenters. The lowest BCUT2D eigenvalue weighted by molar-refractivity contribution is -0.137. The molecule has 1 saturated heterocycles. The zero-order chi connectivity index (χ0) is 15.4. The molecule has 0 aromatic rings. The number of amides is 1. The molecular formula is C15H27NO2S2. The zero-order valence-corrected chi connectivity index (χ0v) is 15.0. The second-order valence-corrected chi connectivity index (χ2v) is 7.94. The zero-order valence-electron chi connectivity index (χ0n) is 13.4. The first-order chi connectivity index (χ1) is 9.29. The summed E-state index contributed by atoms with van der Waals surface area (Å²) >= 11 is 6.99. The van der Waals surface area contributed by atoms with Gasteiger partial charge in [0.15, 0.2) is 0 Å². The number of rotatable bonds is 6. The van der Waals surface area contributed by atoms with Crippen LogP contribution in [0.3, 0.4) is 0 Å². The van der Waals surface area contributed by atoms with Crippen molar-refractivity contribution in [3.05, 3.63) is 0 Å². The normalized spacial score (nSPS) is 22.7. The summed E-state index contributed by atoms with van der Waals surface area (Å²) < 4.78 is 6.26. The van der Waals surface area contributed by atoms with E-state index in [4.69, 9.17) is 17.0 Å². The lowest BCUT2D eigenvalue weighted by Crippen LogP contribution is -2.47. The Bertz CT molecular complexity index is 358. The molecule has 3 atom stereocenters. The van der Waals surface area contributed by atoms with Crippen molar-refractivity contribution in [2.45, 2.75) is 53.2 Å². The third-order valence-electron chi connectivity index (χ3n) is 3.87. The molecule has 116 valence electrons. The summed E-state index contributed by atoms with van der Waals surface area (Å²) in [6.45, 7) is 10.5. The Labute approximate surface area is 132 Å². The Morgan fingerprint density at radius 1 is 1.40 bits per heavy atom. The minimum atomic E-state index is -0.153. The average molecular weight is 318 g/mol. The molecular weight excluding hydrogens is 290 g/mol. The third kappa shape index (κ3) is 4.18. The van der Waals surface area contributed by atoms with Crippen LogP contribution in [0.2, 0.25) is 0 Å². The quantitative estimate of drug-likeness (QED) is 0.701. The maximum absolute atomic E-state index is 12.8. The minimum absolute atomic E-state index is 0.0382. The summed E-state index contributed by atoms with van der Waals surface area (Å²) in [7, 11) is 1.69. The molecule has 20 heavy (non-hydrogen) atoms. The van der Waals surface area contributed by atoms with E-state index in [0.29, 0.717) is 11.8 Å². The second kappa shape index (κ2) is 7.76. The molecule has 1 aliphatic heterocycles. The fourth-order valence-corrected chi connectivity index (χ4v) is 4.17. The summed E-state index contributed by atoms with van der Waals surface area (Å²) in [6, 6.07) is 0.221. The van der Waals surface area contributed by atoms with Gasteiger partial charge in [0, 0.05) is 18.9 Å². The van der Waals surface area contributed by atoms with E-state index in [9.17, 15) is 4.79 Å². The van der Waals surface area contributed by atoms with Crippen molar-refractivity contribution < 1.29 is 9.53 Å². The standard InChI is InChI=1S/C15H27NO2S2/c1-9(2)7-13(18-6)11(5)14(17)16-12(10(3)4)8-20-15(16)19/h9-13H,7-8H2,1-6H3/t11-,12-,13-/m1/s1. The number of hydrogen-bond acceptors (Lipinski definition) is 4. The molecule has 0 aliphatic carbocycles. The van der Waals surface area contributed by atoms with Gasteiger partial charge < -0.3 is 4.74 Å². The van der Waals surface area contributed by atoms with Crippen molar-refractivity contribution in [2.24, 2.45) is 17.8 Å². The van der Waals surface area contributed by atoms with Gasteiger partial charge >= 0.3 is 0 Å². The molecule has 0 aromatic heterocycles. The minimum Gasteiger partial charge on any atom is -0.381 e. The summed E-state index contributed by atoms with van der Waals surface area (Å²) in [5.41, 5.74) is 0. The van der Waals surface area contributed by atoms with E-state index in [1.54, 1.807) is 18.9 Å². The largest absolute Gasteiger partial charge is 0.381 e. The average Bonchev–Trinajstić information content (AvgIpc) is 2.76. The summed E-state index contributed by atoms with van der Waals surface area (Å²) in [5.74, 6) is 1.81. The van der Waals surface area contributed by atoms with Crippen LogP contribution in [-0.4, -0.2) is 40.1 Å². The van der Waals surface area contributed by atoms with Gasteiger partial charge in [-0.25, -0.2) is 0 Å². The molecule has 0 radical (unpaired) electrons. The number of carbonyl (C=O) groups excluding carboxylic acids is 1. The van der Waals surface area contributed by atoms with Crippen molar-refractivity contribution in [3.8, 4) is 0 Å². The number of methoxy groups -OCH3 is 1. The second-order valence-electron chi connectivity index (χ2n) is 6.29. The Morgan fingerprint density at radius 3 is 2.45 bits per heavy atom. The highest BCUT2D eigenvalue weighted by atomic mass is 32.2. The van der Waals surface area contributed by atoms with Crippen LogP contribution in [-0.2, 0) is 9.53 Å². The van der Waals surface area contributed by atoms with Crippen molar-refractivity contribution in [1.82, 2.24) is 4.90 Å². The first-order valence-electron chi connectivity index (χ1n) is 7.32. The van der Waals surface area contributed by atoms with Crippen LogP contribution in [0.1, 0.15) is 41.0 Å². The van der Waals surface area contributed by atoms with E-state index in [0.717, 1.165) is 16.5 Å². The molecule has 0 bridgehead atoms. The van der Waals surface area contributed by atoms with Crippen LogP contribution in [0.4, 0.5) is 0 Å². The van der Waals surface area contributed by atoms with Gasteiger partial charge in [0.2, 0.25) is 5.91 Å². The Kier molecular flexibility index (Phi) is 6.95. The van der Waals surface area contributed by atoms with Crippen molar-refractivity contribution in [2.75, 3.05) is 12.9 Å². The first-order valence-corrected chi connectivity index (χ1v) is 8.71. The Morgan fingerprint density at radius 2 is 2.00 bits per heavy atom. The van der Waals surface area contributed by atoms with Crippen LogP contribution in [0.25, 0.3) is 0 Å². The molecule has 5 heteroatoms. The Hall–Kier alpha value is -0.130. The smallest absolute Gasteiger partial charge is 0.233 e. The van der Waals surface area contributed by atoms with Crippen LogP contribution < -0.4 is 0 Å². The van der Waals surface area contributed by atoms with E-state index in [-0.39, 0.29) is 24.0 Å². The summed E-state index contributed by atoms with van der Waals surface area (Å²) in [5, 5.41) is 0. The van der Waals surface area contributed by atoms with E-state index in [1.165, 1.54) is 0 Å². The van der Waals surface area contributed by atoms with E-state index >= 15 is 0 Å². The monoisotopic (exact) mass is 317 g/mol. The van der Waals surface area contributed by atoms with Crippen molar-refractivity contribution in [3.63, 3.8) is 0 Å². The molecule has 0 spiro atoms. The topological polar surface area (TPSA) is 29.5 Å². The van der Waals surface area contributed by atoms with Gasteiger partial charge in [-0.2, -0.15) is 0 Å². The fourth-order valence-electron chi connectivity index (χ4n) is 2.53. The molecule has 1 heterocycles. The lowest BCUT2D eigenvalue weighted by atomic mass is 9.93. The van der Waals surface area contributed by atoms with E-state index in [1.807, 2.05) is 11.8 Å². The SMILES string of the molecule is CO[C@H](CC(C)C)[C@@H](C)C(=O)N1C(=S)SC[C@@H]1C(C)C. The van der Waals surface area contributed by atoms with Crippen molar-refractivity contribution >= 4 is 34.2 Å². The van der Waals surface area contributed by atoms with Gasteiger partial charge in [0.1, 0.15) is 4.32 Å². The van der Waals surface area contributed by atoms with Crippen LogP contribution in [0.15, 0.2) is 0 Å². The molecule has 1 fully saturated rings. The van der Waals surface area contributed by atoms with Gasteiger partial charge in [0.05, 0.1) is 12.0 Å². The molecule has 0 N–H and O–H groups in total. The van der Waals surface area contributed by atoms with E-state index < -0.39 is 0 Å². The molecule has 1 amide bonds. The highest BCUT2D eigenvalue weighted by molar-refractivity contribution is 8.23. The number of thiocarbonyl (C=S) groups is 1. The van der Waals surface area contributed by atoms with Gasteiger partial charge in [-0.3, -0.25) is 9.69 Å². The molecule has 3 nitrogen and oxygen atoms in total. The predicted molar refractivity (Wildman–Crippen MR) is 89.9 cm³/mol. The van der Waals surface area contributed by atoms with Crippen molar-refractivity contribution in [1.29, 1.82) is 0 Å². The maximum Gasteiger partial charge on any atom is 0.233 e. The fraction of sp³-hybridized carbons (Fsp3) is 0.867. The highest BCUT2D eigenvalue weighted by Gasteiger charge is 2.39. The Balaban J connectivity index is 2.83. The molecule has 0 aromatic carbocycles. The predicted octanol–water partition coefficient (Wildman–Crippen LogP) is 3.57. The van der Waals surface area contributed by atoms with Crippen LogP contribution >= 0.6 is 24.0 Å². The number of nitrogens with zero attached hydrogens (tertiary/aromatic N) is 1. The number of carbonyl (C=O) groups is 1. The summed E-state index contributed by atoms with van der Waals surface area (Å²) in [6.07, 6.45) is 0.854. The summed E-state index contributed by atoms with van der Waals surface area (Å²) in [4.78, 5) is 14.6. The van der Waals surface area contributed by atoms with Crippen LogP contribution in [0.5, 0.6) is 0 Å². The van der Waals surface area contributed by atoms with Gasteiger partial charge in [-0.05, 0) is 18.3 Å². The van der Waals surface area contributed by atoms with Gasteiger partial charge in [-0.1, -0.05) is 58.6 Å². The number of thioether (sulfide) groups is 1. The molecule has 1 aliphatic rings. The maximum atomic E-state index is 12.8. The van der Waals surface area contributed by atoms with Crippen LogP contribution in [0, 0.1) is 17.8 Å². The molecule has 1 rings (SSSR count). The lowest BCUT2D eigenvalue weighted by Gasteiger charge is -2.32. The first kappa shape index (κ1) is 17.9. The van der Waals surface area contributed by atoms with Gasteiger partial charge in [-0.15, -0.1) is 0 Å². The third-order valence-corrected chi connectivity index (χ3v) is 5.37. The van der Waals surface area contributed by atoms with Gasteiger partial charge in [0.25, 0.3) is 0 Å². The molecule has 0 saturated carbocycles.